The summed E-state index contributed by atoms with van der Waals surface area (Å²) < 4.78 is 6.10. The first-order chi connectivity index (χ1) is 14.0. The molecule has 1 aromatic rings. The van der Waals surface area contributed by atoms with Crippen LogP contribution in [0.15, 0.2) is 18.2 Å². The smallest absolute Gasteiger partial charge is 0.130 e. The van der Waals surface area contributed by atoms with Gasteiger partial charge in [-0.05, 0) is 105 Å². The summed E-state index contributed by atoms with van der Waals surface area (Å²) in [5.74, 6) is 5.64. The Morgan fingerprint density at radius 1 is 1.21 bits per heavy atom. The highest BCUT2D eigenvalue weighted by molar-refractivity contribution is 5.41. The van der Waals surface area contributed by atoms with Crippen LogP contribution in [0.3, 0.4) is 0 Å². The molecule has 1 aromatic carbocycles. The number of ether oxygens (including phenoxy) is 1. The van der Waals surface area contributed by atoms with Crippen molar-refractivity contribution in [3.63, 3.8) is 0 Å². The second-order valence-corrected chi connectivity index (χ2v) is 10.2. The zero-order chi connectivity index (χ0) is 20.1. The van der Waals surface area contributed by atoms with E-state index in [-0.39, 0.29) is 5.41 Å². The monoisotopic (exact) mass is 393 g/mol. The second-order valence-electron chi connectivity index (χ2n) is 10.2. The molecule has 0 aromatic heterocycles. The molecule has 0 bridgehead atoms. The molecular weight excluding hydrogens is 358 g/mol. The van der Waals surface area contributed by atoms with Gasteiger partial charge in [-0.2, -0.15) is 0 Å². The molecule has 4 aliphatic rings. The van der Waals surface area contributed by atoms with Crippen LogP contribution in [0.4, 0.5) is 0 Å². The molecule has 3 heteroatoms. The SMILES string of the molecule is C#C[C@]1(O)CCC2C3CCc4cc(OCCN5CCCC5)ccc4C3CC[C@@]21C. The average molecular weight is 394 g/mol. The lowest BCUT2D eigenvalue weighted by atomic mass is 9.53. The Morgan fingerprint density at radius 2 is 2.03 bits per heavy atom. The number of hydrogen-bond acceptors (Lipinski definition) is 3. The summed E-state index contributed by atoms with van der Waals surface area (Å²) >= 11 is 0. The lowest BCUT2D eigenvalue weighted by Crippen LogP contribution is -2.50. The zero-order valence-corrected chi connectivity index (χ0v) is 17.8. The van der Waals surface area contributed by atoms with Crippen molar-refractivity contribution >= 4 is 0 Å². The molecule has 1 aliphatic heterocycles. The lowest BCUT2D eigenvalue weighted by molar-refractivity contribution is -0.0646. The molecule has 3 nitrogen and oxygen atoms in total. The highest BCUT2D eigenvalue weighted by Gasteiger charge is 2.61. The molecule has 5 rings (SSSR count). The van der Waals surface area contributed by atoms with Crippen LogP contribution in [0.25, 0.3) is 0 Å². The van der Waals surface area contributed by atoms with Crippen LogP contribution in [0.2, 0.25) is 0 Å². The van der Waals surface area contributed by atoms with Crippen LogP contribution in [0.1, 0.15) is 68.9 Å². The van der Waals surface area contributed by atoms with Gasteiger partial charge in [-0.1, -0.05) is 18.9 Å². The Morgan fingerprint density at radius 3 is 2.83 bits per heavy atom. The van der Waals surface area contributed by atoms with Gasteiger partial charge in [-0.3, -0.25) is 4.90 Å². The van der Waals surface area contributed by atoms with E-state index in [1.54, 1.807) is 0 Å². The van der Waals surface area contributed by atoms with E-state index >= 15 is 0 Å². The van der Waals surface area contributed by atoms with E-state index in [2.05, 4.69) is 35.9 Å². The summed E-state index contributed by atoms with van der Waals surface area (Å²) in [6, 6.07) is 6.82. The quantitative estimate of drug-likeness (QED) is 0.771. The third kappa shape index (κ3) is 3.11. The van der Waals surface area contributed by atoms with E-state index in [4.69, 9.17) is 11.2 Å². The van der Waals surface area contributed by atoms with E-state index in [9.17, 15) is 5.11 Å². The topological polar surface area (TPSA) is 32.7 Å². The predicted molar refractivity (Wildman–Crippen MR) is 116 cm³/mol. The Bertz CT molecular complexity index is 807. The van der Waals surface area contributed by atoms with Crippen LogP contribution >= 0.6 is 0 Å². The molecule has 0 amide bonds. The van der Waals surface area contributed by atoms with Gasteiger partial charge in [0, 0.05) is 12.0 Å². The van der Waals surface area contributed by atoms with Gasteiger partial charge in [0.15, 0.2) is 0 Å². The normalized spacial score (nSPS) is 38.7. The van der Waals surface area contributed by atoms with E-state index < -0.39 is 5.60 Å². The molecule has 156 valence electrons. The first kappa shape index (κ1) is 19.5. The Labute approximate surface area is 175 Å². The van der Waals surface area contributed by atoms with Crippen LogP contribution in [-0.2, 0) is 6.42 Å². The number of fused-ring (bicyclic) bond motifs is 5. The van der Waals surface area contributed by atoms with Crippen molar-refractivity contribution in [2.75, 3.05) is 26.2 Å². The minimum Gasteiger partial charge on any atom is -0.492 e. The van der Waals surface area contributed by atoms with Crippen molar-refractivity contribution in [1.82, 2.24) is 4.90 Å². The highest BCUT2D eigenvalue weighted by Crippen LogP contribution is 2.64. The number of rotatable bonds is 4. The first-order valence-corrected chi connectivity index (χ1v) is 11.7. The largest absolute Gasteiger partial charge is 0.492 e. The summed E-state index contributed by atoms with van der Waals surface area (Å²) in [5, 5.41) is 11.1. The molecule has 3 aliphatic carbocycles. The standard InChI is InChI=1S/C26H35NO2/c1-3-26(28)13-11-24-23-8-6-19-18-20(29-17-16-27-14-4-5-15-27)7-9-21(19)22(23)10-12-25(24,26)2/h1,7,9,18,22-24,28H,4-6,8,10-17H2,2H3/t22?,23?,24?,25-,26-/m0/s1. The summed E-state index contributed by atoms with van der Waals surface area (Å²) in [7, 11) is 0. The fraction of sp³-hybridized carbons (Fsp3) is 0.692. The third-order valence-electron chi connectivity index (χ3n) is 8.96. The minimum atomic E-state index is -0.907. The van der Waals surface area contributed by atoms with Crippen molar-refractivity contribution in [1.29, 1.82) is 0 Å². The molecule has 29 heavy (non-hydrogen) atoms. The van der Waals surface area contributed by atoms with Gasteiger partial charge >= 0.3 is 0 Å². The fourth-order valence-electron chi connectivity index (χ4n) is 7.20. The number of hydrogen-bond donors (Lipinski definition) is 1. The van der Waals surface area contributed by atoms with Crippen molar-refractivity contribution in [2.45, 2.75) is 69.8 Å². The van der Waals surface area contributed by atoms with Crippen LogP contribution in [-0.4, -0.2) is 41.8 Å². The molecule has 3 unspecified atom stereocenters. The maximum atomic E-state index is 11.1. The summed E-state index contributed by atoms with van der Waals surface area (Å²) in [4.78, 5) is 2.50. The fourth-order valence-corrected chi connectivity index (χ4v) is 7.20. The van der Waals surface area contributed by atoms with Crippen molar-refractivity contribution < 1.29 is 9.84 Å². The Balaban J connectivity index is 1.29. The molecule has 5 atom stereocenters. The third-order valence-corrected chi connectivity index (χ3v) is 8.96. The van der Waals surface area contributed by atoms with Gasteiger partial charge in [0.25, 0.3) is 0 Å². The minimum absolute atomic E-state index is 0.112. The number of aryl methyl sites for hydroxylation is 1. The molecule has 2 saturated carbocycles. The summed E-state index contributed by atoms with van der Waals surface area (Å²) in [5.41, 5.74) is 2.00. The molecule has 1 N–H and O–H groups in total. The Hall–Kier alpha value is -1.50. The maximum absolute atomic E-state index is 11.1. The van der Waals surface area contributed by atoms with E-state index in [0.717, 1.165) is 51.0 Å². The number of nitrogens with zero attached hydrogens (tertiary/aromatic N) is 1. The molecule has 1 heterocycles. The molecule has 0 radical (unpaired) electrons. The van der Waals surface area contributed by atoms with Gasteiger partial charge in [-0.15, -0.1) is 6.42 Å². The first-order valence-electron chi connectivity index (χ1n) is 11.7. The van der Waals surface area contributed by atoms with Gasteiger partial charge in [0.2, 0.25) is 0 Å². The number of likely N-dealkylation sites (tertiary alicyclic amines) is 1. The maximum Gasteiger partial charge on any atom is 0.130 e. The van der Waals surface area contributed by atoms with Crippen molar-refractivity contribution in [3.05, 3.63) is 29.3 Å². The zero-order valence-electron chi connectivity index (χ0n) is 17.8. The van der Waals surface area contributed by atoms with Crippen LogP contribution < -0.4 is 4.74 Å². The molecular formula is C26H35NO2. The van der Waals surface area contributed by atoms with Crippen LogP contribution in [0, 0.1) is 29.6 Å². The van der Waals surface area contributed by atoms with E-state index in [1.807, 2.05) is 0 Å². The van der Waals surface area contributed by atoms with E-state index in [1.165, 1.54) is 43.5 Å². The average Bonchev–Trinajstić information content (AvgIpc) is 3.34. The number of terminal acetylenes is 1. The lowest BCUT2D eigenvalue weighted by Gasteiger charge is -2.52. The molecule has 0 spiro atoms. The molecule has 3 fully saturated rings. The van der Waals surface area contributed by atoms with Crippen molar-refractivity contribution in [2.24, 2.45) is 17.3 Å². The van der Waals surface area contributed by atoms with E-state index in [0.29, 0.717) is 17.8 Å². The van der Waals surface area contributed by atoms with Gasteiger partial charge in [0.05, 0.1) is 0 Å². The van der Waals surface area contributed by atoms with Gasteiger partial charge in [0.1, 0.15) is 18.0 Å². The number of benzene rings is 1. The van der Waals surface area contributed by atoms with Gasteiger partial charge in [-0.25, -0.2) is 0 Å². The van der Waals surface area contributed by atoms with Gasteiger partial charge < -0.3 is 9.84 Å². The van der Waals surface area contributed by atoms with Crippen molar-refractivity contribution in [3.8, 4) is 18.1 Å². The van der Waals surface area contributed by atoms with Crippen LogP contribution in [0.5, 0.6) is 5.75 Å². The summed E-state index contributed by atoms with van der Waals surface area (Å²) in [6.45, 7) is 6.54. The Kier molecular flexibility index (Phi) is 4.92. The predicted octanol–water partition coefficient (Wildman–Crippen LogP) is 4.38. The molecule has 1 saturated heterocycles. The summed E-state index contributed by atoms with van der Waals surface area (Å²) in [6.07, 6.45) is 14.8. The number of aliphatic hydroxyl groups is 1. The highest BCUT2D eigenvalue weighted by atomic mass is 16.5. The second kappa shape index (κ2) is 7.33.